The van der Waals surface area contributed by atoms with E-state index in [1.807, 2.05) is 30.5 Å². The maximum Gasteiger partial charge on any atom is 0.371 e. The summed E-state index contributed by atoms with van der Waals surface area (Å²) in [7, 11) is 1.62. The molecule has 8 heteroatoms. The largest absolute Gasteiger partial charge is 0.496 e. The molecule has 7 nitrogen and oxygen atoms in total. The van der Waals surface area contributed by atoms with Gasteiger partial charge in [-0.2, -0.15) is 0 Å². The molecule has 0 aliphatic rings. The Morgan fingerprint density at radius 3 is 2.72 bits per heavy atom. The zero-order chi connectivity index (χ0) is 20.7. The highest BCUT2D eigenvalue weighted by Crippen LogP contribution is 2.33. The number of carboxylic acids is 1. The fourth-order valence-corrected chi connectivity index (χ4v) is 4.29. The van der Waals surface area contributed by atoms with Crippen LogP contribution in [0.15, 0.2) is 44.9 Å². The van der Waals surface area contributed by atoms with Crippen LogP contribution in [0.25, 0.3) is 21.3 Å². The van der Waals surface area contributed by atoms with E-state index >= 15 is 0 Å². The molecule has 0 atom stereocenters. The third kappa shape index (κ3) is 3.31. The van der Waals surface area contributed by atoms with Crippen LogP contribution in [-0.4, -0.2) is 27.7 Å². The number of aryl methyl sites for hydroxylation is 2. The molecule has 0 radical (unpaired) electrons. The van der Waals surface area contributed by atoms with Crippen LogP contribution in [-0.2, 0) is 6.54 Å². The Morgan fingerprint density at radius 1 is 1.28 bits per heavy atom. The van der Waals surface area contributed by atoms with Gasteiger partial charge in [-0.05, 0) is 49.2 Å². The van der Waals surface area contributed by atoms with Crippen LogP contribution in [0.3, 0.4) is 0 Å². The predicted molar refractivity (Wildman–Crippen MR) is 110 cm³/mol. The highest BCUT2D eigenvalue weighted by molar-refractivity contribution is 7.17. The first-order valence-corrected chi connectivity index (χ1v) is 9.72. The van der Waals surface area contributed by atoms with Crippen molar-refractivity contribution in [2.24, 2.45) is 0 Å². The Bertz CT molecular complexity index is 1300. The molecule has 4 rings (SSSR count). The monoisotopic (exact) mass is 410 g/mol. The van der Waals surface area contributed by atoms with Gasteiger partial charge in [0, 0.05) is 10.9 Å². The summed E-state index contributed by atoms with van der Waals surface area (Å²) in [5.74, 6) is 0.390. The van der Waals surface area contributed by atoms with Crippen LogP contribution in [0.1, 0.15) is 27.7 Å². The van der Waals surface area contributed by atoms with Crippen molar-refractivity contribution in [1.82, 2.24) is 9.55 Å². The van der Waals surface area contributed by atoms with E-state index in [0.717, 1.165) is 22.4 Å². The van der Waals surface area contributed by atoms with Crippen LogP contribution in [0, 0.1) is 13.8 Å². The molecule has 3 aromatic heterocycles. The van der Waals surface area contributed by atoms with Gasteiger partial charge in [0.1, 0.15) is 22.2 Å². The number of ether oxygens (including phenoxy) is 1. The standard InChI is InChI=1S/C21H18N2O5S/c1-11-8-13(4-6-16(11)27-3)15-10-29-19-18(15)20(24)23(12(2)22-19)9-14-5-7-17(28-14)21(25)26/h4-8,10H,9H2,1-3H3,(H,25,26). The van der Waals surface area contributed by atoms with E-state index in [2.05, 4.69) is 4.98 Å². The second kappa shape index (κ2) is 7.21. The molecule has 1 N–H and O–H groups in total. The number of methoxy groups -OCH3 is 1. The number of thiophene rings is 1. The van der Waals surface area contributed by atoms with Crippen molar-refractivity contribution in [2.75, 3.05) is 7.11 Å². The minimum absolute atomic E-state index is 0.109. The lowest BCUT2D eigenvalue weighted by atomic mass is 10.0. The van der Waals surface area contributed by atoms with Gasteiger partial charge in [-0.25, -0.2) is 9.78 Å². The lowest BCUT2D eigenvalue weighted by Crippen LogP contribution is -2.24. The number of carbonyl (C=O) groups is 1. The summed E-state index contributed by atoms with van der Waals surface area (Å²) in [4.78, 5) is 29.6. The Morgan fingerprint density at radius 2 is 2.07 bits per heavy atom. The SMILES string of the molecule is COc1ccc(-c2csc3nc(C)n(Cc4ccc(C(=O)O)o4)c(=O)c23)cc1C. The summed E-state index contributed by atoms with van der Waals surface area (Å²) >= 11 is 1.42. The van der Waals surface area contributed by atoms with Gasteiger partial charge in [-0.15, -0.1) is 11.3 Å². The number of rotatable bonds is 5. The molecule has 29 heavy (non-hydrogen) atoms. The van der Waals surface area contributed by atoms with Gasteiger partial charge in [0.15, 0.2) is 0 Å². The smallest absolute Gasteiger partial charge is 0.371 e. The average molecular weight is 410 g/mol. The normalized spacial score (nSPS) is 11.1. The summed E-state index contributed by atoms with van der Waals surface area (Å²) in [6.45, 7) is 3.81. The molecular formula is C21H18N2O5S. The topological polar surface area (TPSA) is 94.6 Å². The molecule has 148 valence electrons. The van der Waals surface area contributed by atoms with E-state index in [-0.39, 0.29) is 17.9 Å². The van der Waals surface area contributed by atoms with Gasteiger partial charge in [-0.3, -0.25) is 9.36 Å². The van der Waals surface area contributed by atoms with Crippen LogP contribution < -0.4 is 10.3 Å². The molecule has 0 amide bonds. The van der Waals surface area contributed by atoms with Crippen molar-refractivity contribution in [1.29, 1.82) is 0 Å². The third-order valence-corrected chi connectivity index (χ3v) is 5.65. The number of carboxylic acid groups (broad SMARTS) is 1. The number of fused-ring (bicyclic) bond motifs is 1. The van der Waals surface area contributed by atoms with Gasteiger partial charge in [0.25, 0.3) is 5.56 Å². The molecule has 0 unspecified atom stereocenters. The van der Waals surface area contributed by atoms with Crippen LogP contribution in [0.2, 0.25) is 0 Å². The maximum atomic E-state index is 13.3. The molecule has 0 aliphatic carbocycles. The molecule has 0 saturated carbocycles. The van der Waals surface area contributed by atoms with Crippen LogP contribution >= 0.6 is 11.3 Å². The van der Waals surface area contributed by atoms with Crippen LogP contribution in [0.5, 0.6) is 5.75 Å². The quantitative estimate of drug-likeness (QED) is 0.533. The third-order valence-electron chi connectivity index (χ3n) is 4.78. The molecule has 0 aliphatic heterocycles. The molecule has 0 fully saturated rings. The van der Waals surface area contributed by atoms with Gasteiger partial charge >= 0.3 is 5.97 Å². The Kier molecular flexibility index (Phi) is 4.71. The predicted octanol–water partition coefficient (Wildman–Crippen LogP) is 4.09. The van der Waals surface area contributed by atoms with Crippen molar-refractivity contribution in [3.05, 3.63) is 69.0 Å². The zero-order valence-electron chi connectivity index (χ0n) is 16.1. The highest BCUT2D eigenvalue weighted by Gasteiger charge is 2.18. The lowest BCUT2D eigenvalue weighted by molar-refractivity contribution is 0.0660. The number of aromatic nitrogens is 2. The molecule has 0 saturated heterocycles. The second-order valence-electron chi connectivity index (χ2n) is 6.64. The molecule has 1 aromatic carbocycles. The average Bonchev–Trinajstić information content (AvgIpc) is 3.32. The second-order valence-corrected chi connectivity index (χ2v) is 7.49. The van der Waals surface area contributed by atoms with E-state index < -0.39 is 5.97 Å². The van der Waals surface area contributed by atoms with Gasteiger partial charge < -0.3 is 14.3 Å². The molecular weight excluding hydrogens is 392 g/mol. The fourth-order valence-electron chi connectivity index (χ4n) is 3.30. The number of benzene rings is 1. The summed E-state index contributed by atoms with van der Waals surface area (Å²) in [5, 5.41) is 11.5. The van der Waals surface area contributed by atoms with Crippen molar-refractivity contribution < 1.29 is 19.1 Å². The van der Waals surface area contributed by atoms with Crippen molar-refractivity contribution in [2.45, 2.75) is 20.4 Å². The molecule has 0 bridgehead atoms. The number of aromatic carboxylic acids is 1. The molecule has 4 aromatic rings. The summed E-state index contributed by atoms with van der Waals surface area (Å²) < 4.78 is 12.1. The highest BCUT2D eigenvalue weighted by atomic mass is 32.1. The van der Waals surface area contributed by atoms with Crippen LogP contribution in [0.4, 0.5) is 0 Å². The number of hydrogen-bond acceptors (Lipinski definition) is 6. The summed E-state index contributed by atoms with van der Waals surface area (Å²) in [6.07, 6.45) is 0. The summed E-state index contributed by atoms with van der Waals surface area (Å²) in [5.41, 5.74) is 2.51. The summed E-state index contributed by atoms with van der Waals surface area (Å²) in [6, 6.07) is 8.71. The first-order valence-electron chi connectivity index (χ1n) is 8.84. The van der Waals surface area contributed by atoms with E-state index in [1.54, 1.807) is 20.1 Å². The molecule has 0 spiro atoms. The molecule has 3 heterocycles. The Labute approximate surface area is 169 Å². The first kappa shape index (κ1) is 18.9. The number of furan rings is 1. The van der Waals surface area contributed by atoms with E-state index in [9.17, 15) is 9.59 Å². The van der Waals surface area contributed by atoms with E-state index in [1.165, 1.54) is 22.0 Å². The Balaban J connectivity index is 1.83. The van der Waals surface area contributed by atoms with E-state index in [4.69, 9.17) is 14.3 Å². The fraction of sp³-hybridized carbons (Fsp3) is 0.190. The minimum Gasteiger partial charge on any atom is -0.496 e. The minimum atomic E-state index is -1.15. The van der Waals surface area contributed by atoms with Gasteiger partial charge in [-0.1, -0.05) is 6.07 Å². The Hall–Kier alpha value is -3.39. The maximum absolute atomic E-state index is 13.3. The van der Waals surface area contributed by atoms with Crippen molar-refractivity contribution in [3.8, 4) is 16.9 Å². The van der Waals surface area contributed by atoms with E-state index in [0.29, 0.717) is 21.8 Å². The number of nitrogens with zero attached hydrogens (tertiary/aromatic N) is 2. The van der Waals surface area contributed by atoms with Crippen molar-refractivity contribution >= 4 is 27.5 Å². The van der Waals surface area contributed by atoms with Gasteiger partial charge in [0.2, 0.25) is 5.76 Å². The zero-order valence-corrected chi connectivity index (χ0v) is 16.9. The first-order chi connectivity index (χ1) is 13.9. The number of hydrogen-bond donors (Lipinski definition) is 1. The lowest BCUT2D eigenvalue weighted by Gasteiger charge is -2.10. The van der Waals surface area contributed by atoms with Gasteiger partial charge in [0.05, 0.1) is 19.0 Å². The van der Waals surface area contributed by atoms with Crippen molar-refractivity contribution in [3.63, 3.8) is 0 Å².